The number of carboxylic acid groups (broad SMARTS) is 1. The summed E-state index contributed by atoms with van der Waals surface area (Å²) in [6, 6.07) is -1.64. The molecule has 7 nitrogen and oxygen atoms in total. The van der Waals surface area contributed by atoms with Crippen molar-refractivity contribution in [1.82, 2.24) is 10.6 Å². The third kappa shape index (κ3) is 8.61. The average Bonchev–Trinajstić information content (AvgIpc) is 2.40. The van der Waals surface area contributed by atoms with Gasteiger partial charge in [-0.1, -0.05) is 27.7 Å². The molecule has 0 aromatic carbocycles. The maximum atomic E-state index is 12.2. The molecule has 0 aliphatic heterocycles. The van der Waals surface area contributed by atoms with Crippen LogP contribution < -0.4 is 10.6 Å². The summed E-state index contributed by atoms with van der Waals surface area (Å²) < 4.78 is 4.60. The molecule has 0 radical (unpaired) electrons. The highest BCUT2D eigenvalue weighted by molar-refractivity contribution is 5.89. The van der Waals surface area contributed by atoms with E-state index in [1.165, 1.54) is 7.11 Å². The summed E-state index contributed by atoms with van der Waals surface area (Å²) in [6.45, 7) is 8.44. The molecule has 22 heavy (non-hydrogen) atoms. The highest BCUT2D eigenvalue weighted by Gasteiger charge is 2.26. The monoisotopic (exact) mass is 316 g/mol. The number of carbonyl (C=O) groups is 3. The summed E-state index contributed by atoms with van der Waals surface area (Å²) in [5.41, 5.74) is 0.0786. The predicted octanol–water partition coefficient (Wildman–Crippen LogP) is 0.923. The van der Waals surface area contributed by atoms with Crippen LogP contribution in [0.25, 0.3) is 0 Å². The Morgan fingerprint density at radius 2 is 1.77 bits per heavy atom. The molecule has 0 fully saturated rings. The topological polar surface area (TPSA) is 105 Å². The standard InChI is InChI=1S/C15H28N2O5/c1-6-10(14(21)22-5)17-13(20)11(9-12(18)19)16-8-7-15(2,3)4/h10-11,16H,6-9H2,1-5H3,(H,17,20)(H,18,19). The number of carbonyl (C=O) groups excluding carboxylic acids is 2. The van der Waals surface area contributed by atoms with Crippen LogP contribution in [0.4, 0.5) is 0 Å². The Bertz CT molecular complexity index is 390. The van der Waals surface area contributed by atoms with Crippen molar-refractivity contribution in [3.05, 3.63) is 0 Å². The van der Waals surface area contributed by atoms with Crippen molar-refractivity contribution in [3.63, 3.8) is 0 Å². The van der Waals surface area contributed by atoms with Crippen LogP contribution in [-0.2, 0) is 19.1 Å². The lowest BCUT2D eigenvalue weighted by atomic mass is 9.92. The van der Waals surface area contributed by atoms with Gasteiger partial charge in [-0.15, -0.1) is 0 Å². The van der Waals surface area contributed by atoms with E-state index in [1.54, 1.807) is 6.92 Å². The zero-order valence-corrected chi connectivity index (χ0v) is 14.1. The summed E-state index contributed by atoms with van der Waals surface area (Å²) in [6.07, 6.45) is 0.832. The van der Waals surface area contributed by atoms with Crippen molar-refractivity contribution in [2.75, 3.05) is 13.7 Å². The molecule has 7 heteroatoms. The second-order valence-corrected chi connectivity index (χ2v) is 6.41. The van der Waals surface area contributed by atoms with Crippen LogP contribution >= 0.6 is 0 Å². The van der Waals surface area contributed by atoms with Crippen molar-refractivity contribution in [2.45, 2.75) is 59.0 Å². The molecule has 0 aromatic heterocycles. The zero-order chi connectivity index (χ0) is 17.3. The maximum absolute atomic E-state index is 12.2. The smallest absolute Gasteiger partial charge is 0.328 e. The molecule has 2 unspecified atom stereocenters. The summed E-state index contributed by atoms with van der Waals surface area (Å²) in [7, 11) is 1.24. The Balaban J connectivity index is 4.69. The number of nitrogens with one attached hydrogen (secondary N) is 2. The van der Waals surface area contributed by atoms with E-state index in [0.29, 0.717) is 13.0 Å². The number of hydrogen-bond acceptors (Lipinski definition) is 5. The van der Waals surface area contributed by atoms with Gasteiger partial charge in [-0.25, -0.2) is 4.79 Å². The van der Waals surface area contributed by atoms with Gasteiger partial charge in [0.2, 0.25) is 5.91 Å². The first-order chi connectivity index (χ1) is 10.1. The Morgan fingerprint density at radius 1 is 1.18 bits per heavy atom. The zero-order valence-electron chi connectivity index (χ0n) is 14.1. The fraction of sp³-hybridized carbons (Fsp3) is 0.800. The van der Waals surface area contributed by atoms with Crippen LogP contribution in [0.15, 0.2) is 0 Å². The van der Waals surface area contributed by atoms with Gasteiger partial charge in [-0.05, 0) is 24.8 Å². The van der Waals surface area contributed by atoms with E-state index in [9.17, 15) is 14.4 Å². The van der Waals surface area contributed by atoms with Crippen molar-refractivity contribution in [1.29, 1.82) is 0 Å². The number of ether oxygens (including phenoxy) is 1. The second-order valence-electron chi connectivity index (χ2n) is 6.41. The van der Waals surface area contributed by atoms with Crippen molar-refractivity contribution in [3.8, 4) is 0 Å². The molecule has 0 rings (SSSR count). The number of esters is 1. The molecule has 1 amide bonds. The van der Waals surface area contributed by atoms with E-state index in [2.05, 4.69) is 36.1 Å². The second kappa shape index (κ2) is 9.40. The third-order valence-electron chi connectivity index (χ3n) is 3.17. The van der Waals surface area contributed by atoms with E-state index in [4.69, 9.17) is 5.11 Å². The number of aliphatic carboxylic acids is 1. The molecule has 0 heterocycles. The predicted molar refractivity (Wildman–Crippen MR) is 82.4 cm³/mol. The van der Waals surface area contributed by atoms with Crippen molar-refractivity contribution >= 4 is 17.8 Å². The van der Waals surface area contributed by atoms with Crippen LogP contribution in [0, 0.1) is 5.41 Å². The molecule has 0 aliphatic carbocycles. The van der Waals surface area contributed by atoms with E-state index in [1.807, 2.05) is 0 Å². The Hall–Kier alpha value is -1.63. The number of rotatable bonds is 9. The fourth-order valence-electron chi connectivity index (χ4n) is 1.80. The molecule has 0 saturated heterocycles. The van der Waals surface area contributed by atoms with Gasteiger partial charge in [0.05, 0.1) is 19.6 Å². The highest BCUT2D eigenvalue weighted by atomic mass is 16.5. The number of methoxy groups -OCH3 is 1. The molecule has 128 valence electrons. The molecule has 0 spiro atoms. The summed E-state index contributed by atoms with van der Waals surface area (Å²) in [5.74, 6) is -2.12. The van der Waals surface area contributed by atoms with Crippen LogP contribution in [-0.4, -0.2) is 48.7 Å². The van der Waals surface area contributed by atoms with Gasteiger partial charge in [0.25, 0.3) is 0 Å². The first kappa shape index (κ1) is 20.4. The summed E-state index contributed by atoms with van der Waals surface area (Å²) in [4.78, 5) is 34.6. The minimum Gasteiger partial charge on any atom is -0.481 e. The maximum Gasteiger partial charge on any atom is 0.328 e. The summed E-state index contributed by atoms with van der Waals surface area (Å²) in [5, 5.41) is 14.4. The van der Waals surface area contributed by atoms with Crippen LogP contribution in [0.5, 0.6) is 0 Å². The van der Waals surface area contributed by atoms with Gasteiger partial charge in [0.15, 0.2) is 0 Å². The van der Waals surface area contributed by atoms with Gasteiger partial charge < -0.3 is 20.5 Å². The first-order valence-electron chi connectivity index (χ1n) is 7.44. The number of hydrogen-bond donors (Lipinski definition) is 3. The van der Waals surface area contributed by atoms with Crippen LogP contribution in [0.1, 0.15) is 47.0 Å². The number of amides is 1. The van der Waals surface area contributed by atoms with E-state index < -0.39 is 29.9 Å². The normalized spacial score (nSPS) is 14.0. The Labute approximate surface area is 131 Å². The largest absolute Gasteiger partial charge is 0.481 e. The minimum absolute atomic E-state index is 0.0786. The molecule has 0 saturated carbocycles. The molecule has 0 bridgehead atoms. The van der Waals surface area contributed by atoms with Gasteiger partial charge in [-0.3, -0.25) is 9.59 Å². The van der Waals surface area contributed by atoms with E-state index in [0.717, 1.165) is 6.42 Å². The molecule has 3 N–H and O–H groups in total. The Morgan fingerprint density at radius 3 is 2.18 bits per heavy atom. The van der Waals surface area contributed by atoms with Crippen LogP contribution in [0.2, 0.25) is 0 Å². The quantitative estimate of drug-likeness (QED) is 0.546. The lowest BCUT2D eigenvalue weighted by molar-refractivity contribution is -0.145. The molecule has 0 aromatic rings. The van der Waals surface area contributed by atoms with Crippen LogP contribution in [0.3, 0.4) is 0 Å². The average molecular weight is 316 g/mol. The molecule has 2 atom stereocenters. The first-order valence-corrected chi connectivity index (χ1v) is 7.44. The van der Waals surface area contributed by atoms with Gasteiger partial charge in [-0.2, -0.15) is 0 Å². The van der Waals surface area contributed by atoms with Gasteiger partial charge in [0.1, 0.15) is 6.04 Å². The highest BCUT2D eigenvalue weighted by Crippen LogP contribution is 2.17. The third-order valence-corrected chi connectivity index (χ3v) is 3.17. The SMILES string of the molecule is CCC(NC(=O)C(CC(=O)O)NCCC(C)(C)C)C(=O)OC. The van der Waals surface area contributed by atoms with Crippen molar-refractivity contribution in [2.24, 2.45) is 5.41 Å². The van der Waals surface area contributed by atoms with E-state index >= 15 is 0 Å². The van der Waals surface area contributed by atoms with Gasteiger partial charge in [0, 0.05) is 0 Å². The summed E-state index contributed by atoms with van der Waals surface area (Å²) >= 11 is 0. The Kier molecular flexibility index (Phi) is 8.70. The van der Waals surface area contributed by atoms with Gasteiger partial charge >= 0.3 is 11.9 Å². The molecular formula is C15H28N2O5. The molecular weight excluding hydrogens is 288 g/mol. The molecule has 0 aliphatic rings. The lowest BCUT2D eigenvalue weighted by Gasteiger charge is -2.23. The van der Waals surface area contributed by atoms with Crippen molar-refractivity contribution < 1.29 is 24.2 Å². The fourth-order valence-corrected chi connectivity index (χ4v) is 1.80. The number of carboxylic acids is 1. The minimum atomic E-state index is -1.07. The lowest BCUT2D eigenvalue weighted by Crippen LogP contribution is -2.51. The van der Waals surface area contributed by atoms with E-state index in [-0.39, 0.29) is 11.8 Å².